The lowest BCUT2D eigenvalue weighted by atomic mass is 10.1. The standard InChI is InChI=1S/C20H28N2S2/c1-2-3-9-19-16-23-20(24-19,12-14-22-15-13-21-17-22)11-10-18-7-5-4-6-8-18/h4-8,13,15,17,19H,2-3,9-12,14,16H2,1H3. The van der Waals surface area contributed by atoms with Gasteiger partial charge in [-0.3, -0.25) is 0 Å². The maximum Gasteiger partial charge on any atom is 0.0945 e. The molecule has 1 aromatic heterocycles. The minimum atomic E-state index is 0.374. The van der Waals surface area contributed by atoms with Crippen molar-refractivity contribution >= 4 is 23.5 Å². The van der Waals surface area contributed by atoms with Crippen LogP contribution in [0.5, 0.6) is 0 Å². The fourth-order valence-corrected chi connectivity index (χ4v) is 7.10. The topological polar surface area (TPSA) is 17.8 Å². The highest BCUT2D eigenvalue weighted by molar-refractivity contribution is 8.21. The number of hydrogen-bond donors (Lipinski definition) is 0. The molecular weight excluding hydrogens is 332 g/mol. The number of rotatable bonds is 9. The highest BCUT2D eigenvalue weighted by Gasteiger charge is 2.39. The molecule has 0 saturated carbocycles. The summed E-state index contributed by atoms with van der Waals surface area (Å²) >= 11 is 4.49. The Bertz CT molecular complexity index is 585. The molecule has 2 atom stereocenters. The molecule has 0 amide bonds. The van der Waals surface area contributed by atoms with Gasteiger partial charge in [0.15, 0.2) is 0 Å². The quantitative estimate of drug-likeness (QED) is 0.576. The Morgan fingerprint density at radius 1 is 1.25 bits per heavy atom. The molecule has 0 bridgehead atoms. The van der Waals surface area contributed by atoms with Crippen molar-refractivity contribution in [1.82, 2.24) is 9.55 Å². The van der Waals surface area contributed by atoms with Crippen LogP contribution in [-0.2, 0) is 13.0 Å². The first-order valence-corrected chi connectivity index (χ1v) is 11.0. The molecular formula is C20H28N2S2. The summed E-state index contributed by atoms with van der Waals surface area (Å²) < 4.78 is 2.60. The molecule has 0 radical (unpaired) electrons. The van der Waals surface area contributed by atoms with E-state index < -0.39 is 0 Å². The van der Waals surface area contributed by atoms with E-state index in [0.29, 0.717) is 4.08 Å². The number of hydrogen-bond acceptors (Lipinski definition) is 3. The molecule has 2 unspecified atom stereocenters. The highest BCUT2D eigenvalue weighted by Crippen LogP contribution is 2.54. The molecule has 130 valence electrons. The molecule has 0 N–H and O–H groups in total. The smallest absolute Gasteiger partial charge is 0.0945 e. The molecule has 24 heavy (non-hydrogen) atoms. The zero-order valence-corrected chi connectivity index (χ0v) is 16.2. The summed E-state index contributed by atoms with van der Waals surface area (Å²) in [6, 6.07) is 11.0. The van der Waals surface area contributed by atoms with Crippen LogP contribution in [0, 0.1) is 0 Å². The molecule has 2 aromatic rings. The maximum absolute atomic E-state index is 4.19. The first-order valence-electron chi connectivity index (χ1n) is 9.11. The van der Waals surface area contributed by atoms with Gasteiger partial charge in [-0.25, -0.2) is 4.98 Å². The Labute approximate surface area is 154 Å². The zero-order chi connectivity index (χ0) is 16.7. The molecule has 0 spiro atoms. The van der Waals surface area contributed by atoms with E-state index >= 15 is 0 Å². The van der Waals surface area contributed by atoms with Crippen LogP contribution in [0.2, 0.25) is 0 Å². The average molecular weight is 361 g/mol. The molecule has 1 aliphatic heterocycles. The molecule has 2 nitrogen and oxygen atoms in total. The van der Waals surface area contributed by atoms with Crippen molar-refractivity contribution in [2.75, 3.05) is 5.75 Å². The molecule has 2 heterocycles. The Balaban J connectivity index is 1.61. The summed E-state index contributed by atoms with van der Waals surface area (Å²) in [6.07, 6.45) is 13.7. The van der Waals surface area contributed by atoms with Crippen molar-refractivity contribution in [1.29, 1.82) is 0 Å². The SMILES string of the molecule is CCCCC1CSC(CCc2ccccc2)(CCn2ccnc2)S1. The summed E-state index contributed by atoms with van der Waals surface area (Å²) in [5, 5.41) is 0.841. The third-order valence-corrected chi connectivity index (χ3v) is 8.67. The molecule has 3 rings (SSSR count). The number of imidazole rings is 1. The Hall–Kier alpha value is -0.870. The van der Waals surface area contributed by atoms with Crippen molar-refractivity contribution in [3.8, 4) is 0 Å². The first kappa shape index (κ1) is 17.9. The highest BCUT2D eigenvalue weighted by atomic mass is 32.2. The first-order chi connectivity index (χ1) is 11.8. The van der Waals surface area contributed by atoms with Crippen LogP contribution in [0.15, 0.2) is 49.1 Å². The minimum Gasteiger partial charge on any atom is -0.337 e. The predicted octanol–water partition coefficient (Wildman–Crippen LogP) is 5.64. The molecule has 1 saturated heterocycles. The summed E-state index contributed by atoms with van der Waals surface area (Å²) in [7, 11) is 0. The van der Waals surface area contributed by atoms with E-state index in [1.54, 1.807) is 0 Å². The molecule has 4 heteroatoms. The molecule has 1 aliphatic rings. The van der Waals surface area contributed by atoms with Gasteiger partial charge in [0, 0.05) is 29.9 Å². The van der Waals surface area contributed by atoms with Gasteiger partial charge in [-0.15, -0.1) is 23.5 Å². The van der Waals surface area contributed by atoms with Gasteiger partial charge in [0.25, 0.3) is 0 Å². The normalized spacial score (nSPS) is 23.6. The summed E-state index contributed by atoms with van der Waals surface area (Å²) in [6.45, 7) is 3.38. The third-order valence-electron chi connectivity index (χ3n) is 4.74. The Morgan fingerprint density at radius 2 is 2.12 bits per heavy atom. The van der Waals surface area contributed by atoms with Crippen molar-refractivity contribution in [2.24, 2.45) is 0 Å². The van der Waals surface area contributed by atoms with Crippen LogP contribution in [0.3, 0.4) is 0 Å². The number of benzene rings is 1. The fraction of sp³-hybridized carbons (Fsp3) is 0.550. The fourth-order valence-electron chi connectivity index (χ4n) is 3.28. The minimum absolute atomic E-state index is 0.374. The van der Waals surface area contributed by atoms with E-state index in [1.165, 1.54) is 49.8 Å². The number of thioether (sulfide) groups is 2. The van der Waals surface area contributed by atoms with Crippen LogP contribution >= 0.6 is 23.5 Å². The number of aryl methyl sites for hydroxylation is 2. The van der Waals surface area contributed by atoms with Crippen LogP contribution in [0.1, 0.15) is 44.6 Å². The van der Waals surface area contributed by atoms with Crippen molar-refractivity contribution < 1.29 is 0 Å². The third kappa shape index (κ3) is 5.06. The van der Waals surface area contributed by atoms with Gasteiger partial charge in [0.05, 0.1) is 10.4 Å². The lowest BCUT2D eigenvalue weighted by molar-refractivity contribution is 0.573. The van der Waals surface area contributed by atoms with Crippen LogP contribution in [0.4, 0.5) is 0 Å². The van der Waals surface area contributed by atoms with Gasteiger partial charge in [0.1, 0.15) is 0 Å². The van der Waals surface area contributed by atoms with E-state index in [4.69, 9.17) is 0 Å². The van der Waals surface area contributed by atoms with Gasteiger partial charge in [-0.05, 0) is 31.2 Å². The van der Waals surface area contributed by atoms with Crippen molar-refractivity contribution in [2.45, 2.75) is 61.3 Å². The Morgan fingerprint density at radius 3 is 2.88 bits per heavy atom. The maximum atomic E-state index is 4.19. The van der Waals surface area contributed by atoms with Crippen molar-refractivity contribution in [3.63, 3.8) is 0 Å². The Kier molecular flexibility index (Phi) is 6.73. The molecule has 1 fully saturated rings. The van der Waals surface area contributed by atoms with E-state index in [-0.39, 0.29) is 0 Å². The zero-order valence-electron chi connectivity index (χ0n) is 14.6. The lowest BCUT2D eigenvalue weighted by Crippen LogP contribution is -2.21. The van der Waals surface area contributed by atoms with Crippen LogP contribution in [-0.4, -0.2) is 24.6 Å². The summed E-state index contributed by atoms with van der Waals surface area (Å²) in [4.78, 5) is 4.19. The average Bonchev–Trinajstić information content (AvgIpc) is 3.28. The second kappa shape index (κ2) is 9.00. The molecule has 1 aromatic carbocycles. The monoisotopic (exact) mass is 360 g/mol. The van der Waals surface area contributed by atoms with Crippen LogP contribution in [0.25, 0.3) is 0 Å². The van der Waals surface area contributed by atoms with Gasteiger partial charge in [0.2, 0.25) is 0 Å². The van der Waals surface area contributed by atoms with Gasteiger partial charge < -0.3 is 4.57 Å². The van der Waals surface area contributed by atoms with E-state index in [2.05, 4.69) is 76.5 Å². The van der Waals surface area contributed by atoms with E-state index in [9.17, 15) is 0 Å². The lowest BCUT2D eigenvalue weighted by Gasteiger charge is -2.28. The van der Waals surface area contributed by atoms with Gasteiger partial charge in [-0.1, -0.05) is 50.1 Å². The van der Waals surface area contributed by atoms with Gasteiger partial charge >= 0.3 is 0 Å². The molecule has 0 aliphatic carbocycles. The number of unbranched alkanes of at least 4 members (excludes halogenated alkanes) is 1. The van der Waals surface area contributed by atoms with Gasteiger partial charge in [-0.2, -0.15) is 0 Å². The second-order valence-electron chi connectivity index (χ2n) is 6.64. The number of aromatic nitrogens is 2. The van der Waals surface area contributed by atoms with Crippen LogP contribution < -0.4 is 0 Å². The summed E-state index contributed by atoms with van der Waals surface area (Å²) in [5.74, 6) is 1.32. The van der Waals surface area contributed by atoms with Crippen molar-refractivity contribution in [3.05, 3.63) is 54.6 Å². The van der Waals surface area contributed by atoms with E-state index in [1.807, 2.05) is 12.5 Å². The predicted molar refractivity (Wildman–Crippen MR) is 108 cm³/mol. The van der Waals surface area contributed by atoms with E-state index in [0.717, 1.165) is 11.8 Å². The summed E-state index contributed by atoms with van der Waals surface area (Å²) in [5.41, 5.74) is 1.47. The largest absolute Gasteiger partial charge is 0.337 e. The second-order valence-corrected chi connectivity index (χ2v) is 9.99. The number of nitrogens with zero attached hydrogens (tertiary/aromatic N) is 2.